The Morgan fingerprint density at radius 2 is 2.04 bits per heavy atom. The molecule has 23 heavy (non-hydrogen) atoms. The number of piperidine rings is 1. The molecule has 0 aliphatic carbocycles. The molecule has 2 unspecified atom stereocenters. The van der Waals surface area contributed by atoms with Crippen LogP contribution in [0.1, 0.15) is 38.7 Å². The number of hydrogen-bond acceptors (Lipinski definition) is 4. The topological polar surface area (TPSA) is 65.4 Å². The summed E-state index contributed by atoms with van der Waals surface area (Å²) < 4.78 is 5.34. The van der Waals surface area contributed by atoms with Crippen LogP contribution in [0.15, 0.2) is 30.3 Å². The summed E-state index contributed by atoms with van der Waals surface area (Å²) in [4.78, 5) is 14.1. The van der Waals surface area contributed by atoms with Crippen LogP contribution in [0.2, 0.25) is 0 Å². The summed E-state index contributed by atoms with van der Waals surface area (Å²) in [5.41, 5.74) is 0.732. The second-order valence-corrected chi connectivity index (χ2v) is 7.04. The molecule has 0 bridgehead atoms. The Hall–Kier alpha value is -2.06. The molecule has 1 aliphatic rings. The highest BCUT2D eigenvalue weighted by Crippen LogP contribution is 2.27. The van der Waals surface area contributed by atoms with Crippen molar-refractivity contribution in [1.29, 1.82) is 5.26 Å². The van der Waals surface area contributed by atoms with Crippen LogP contribution in [-0.4, -0.2) is 42.3 Å². The molecule has 2 rings (SSSR count). The van der Waals surface area contributed by atoms with Gasteiger partial charge in [0.25, 0.3) is 0 Å². The molecule has 0 aromatic heterocycles. The summed E-state index contributed by atoms with van der Waals surface area (Å²) in [7, 11) is 0. The fourth-order valence-electron chi connectivity index (χ4n) is 2.96. The summed E-state index contributed by atoms with van der Waals surface area (Å²) in [6, 6.07) is 12.4. The maximum absolute atomic E-state index is 12.0. The lowest BCUT2D eigenvalue weighted by Gasteiger charge is -2.37. The molecule has 0 spiro atoms. The molecule has 1 saturated heterocycles. The molecular weight excluding hydrogens is 290 g/mol. The molecule has 1 aromatic carbocycles. The number of nitrogens with one attached hydrogen (secondary N) is 1. The molecule has 1 N–H and O–H groups in total. The Morgan fingerprint density at radius 3 is 2.65 bits per heavy atom. The van der Waals surface area contributed by atoms with Gasteiger partial charge in [-0.15, -0.1) is 0 Å². The number of benzene rings is 1. The van der Waals surface area contributed by atoms with Crippen molar-refractivity contribution >= 4 is 6.09 Å². The Balaban J connectivity index is 2.04. The molecule has 5 heteroatoms. The van der Waals surface area contributed by atoms with Crippen LogP contribution < -0.4 is 5.32 Å². The van der Waals surface area contributed by atoms with Gasteiger partial charge in [-0.05, 0) is 38.7 Å². The SMILES string of the molecule is CC(C)(C)OC(=O)NC1CC(c2ccccc2)CN(CC#N)C1. The van der Waals surface area contributed by atoms with E-state index in [1.807, 2.05) is 39.0 Å². The summed E-state index contributed by atoms with van der Waals surface area (Å²) in [5, 5.41) is 11.9. The van der Waals surface area contributed by atoms with E-state index in [0.29, 0.717) is 19.0 Å². The van der Waals surface area contributed by atoms with Crippen molar-refractivity contribution in [3.8, 4) is 6.07 Å². The minimum atomic E-state index is -0.510. The predicted molar refractivity (Wildman–Crippen MR) is 89.0 cm³/mol. The maximum Gasteiger partial charge on any atom is 0.407 e. The minimum absolute atomic E-state index is 0.0165. The number of nitriles is 1. The number of alkyl carbamates (subject to hydrolysis) is 1. The van der Waals surface area contributed by atoms with Crippen LogP contribution >= 0.6 is 0 Å². The van der Waals surface area contributed by atoms with E-state index in [1.54, 1.807) is 0 Å². The fraction of sp³-hybridized carbons (Fsp3) is 0.556. The number of ether oxygens (including phenoxy) is 1. The Kier molecular flexibility index (Phi) is 5.62. The zero-order valence-electron chi connectivity index (χ0n) is 14.1. The van der Waals surface area contributed by atoms with Crippen molar-refractivity contribution in [1.82, 2.24) is 10.2 Å². The van der Waals surface area contributed by atoms with Crippen molar-refractivity contribution in [3.05, 3.63) is 35.9 Å². The smallest absolute Gasteiger partial charge is 0.407 e. The van der Waals surface area contributed by atoms with Gasteiger partial charge in [-0.3, -0.25) is 4.90 Å². The second-order valence-electron chi connectivity index (χ2n) is 7.04. The van der Waals surface area contributed by atoms with E-state index >= 15 is 0 Å². The van der Waals surface area contributed by atoms with Crippen LogP contribution in [0.5, 0.6) is 0 Å². The van der Waals surface area contributed by atoms with Gasteiger partial charge >= 0.3 is 6.09 Å². The highest BCUT2D eigenvalue weighted by Gasteiger charge is 2.30. The normalized spacial score (nSPS) is 22.2. The molecule has 1 aliphatic heterocycles. The third-order valence-electron chi connectivity index (χ3n) is 3.81. The number of carbonyl (C=O) groups excluding carboxylic acids is 1. The number of likely N-dealkylation sites (tertiary alicyclic amines) is 1. The predicted octanol–water partition coefficient (Wildman–Crippen LogP) is 2.89. The largest absolute Gasteiger partial charge is 0.444 e. The van der Waals surface area contributed by atoms with Gasteiger partial charge in [-0.2, -0.15) is 5.26 Å². The van der Waals surface area contributed by atoms with E-state index in [2.05, 4.69) is 28.4 Å². The van der Waals surface area contributed by atoms with Gasteiger partial charge in [0.2, 0.25) is 0 Å². The molecule has 1 fully saturated rings. The first kappa shape index (κ1) is 17.3. The lowest BCUT2D eigenvalue weighted by Crippen LogP contribution is -2.51. The van der Waals surface area contributed by atoms with Gasteiger partial charge in [0.15, 0.2) is 0 Å². The summed E-state index contributed by atoms with van der Waals surface area (Å²) >= 11 is 0. The van der Waals surface area contributed by atoms with Gasteiger partial charge in [-0.25, -0.2) is 4.79 Å². The van der Waals surface area contributed by atoms with E-state index in [9.17, 15) is 4.79 Å². The van der Waals surface area contributed by atoms with Gasteiger partial charge in [-0.1, -0.05) is 30.3 Å². The zero-order chi connectivity index (χ0) is 16.9. The Morgan fingerprint density at radius 1 is 1.35 bits per heavy atom. The van der Waals surface area contributed by atoms with Crippen LogP contribution in [0, 0.1) is 11.3 Å². The van der Waals surface area contributed by atoms with Crippen LogP contribution in [0.3, 0.4) is 0 Å². The summed E-state index contributed by atoms with van der Waals surface area (Å²) in [6.07, 6.45) is 0.457. The van der Waals surface area contributed by atoms with Crippen molar-refractivity contribution in [2.24, 2.45) is 0 Å². The number of hydrogen-bond donors (Lipinski definition) is 1. The average Bonchev–Trinajstić information content (AvgIpc) is 2.46. The van der Waals surface area contributed by atoms with Crippen LogP contribution in [-0.2, 0) is 4.74 Å². The Bertz CT molecular complexity index is 560. The second kappa shape index (κ2) is 7.47. The standard InChI is InChI=1S/C18H25N3O2/c1-18(2,3)23-17(22)20-16-11-15(12-21(13-16)10-9-19)14-7-5-4-6-8-14/h4-8,15-16H,10-13H2,1-3H3,(H,20,22). The molecule has 1 amide bonds. The molecule has 124 valence electrons. The van der Waals surface area contributed by atoms with E-state index in [1.165, 1.54) is 5.56 Å². The van der Waals surface area contributed by atoms with E-state index in [-0.39, 0.29) is 6.04 Å². The van der Waals surface area contributed by atoms with Crippen LogP contribution in [0.25, 0.3) is 0 Å². The number of rotatable bonds is 3. The first-order chi connectivity index (χ1) is 10.9. The molecule has 0 saturated carbocycles. The molecule has 5 nitrogen and oxygen atoms in total. The summed E-state index contributed by atoms with van der Waals surface area (Å²) in [5.74, 6) is 0.304. The molecule has 1 aromatic rings. The molecular formula is C18H25N3O2. The van der Waals surface area contributed by atoms with Gasteiger partial charge in [0.1, 0.15) is 5.60 Å². The van der Waals surface area contributed by atoms with Gasteiger partial charge in [0.05, 0.1) is 12.6 Å². The quantitative estimate of drug-likeness (QED) is 0.871. The molecule has 2 atom stereocenters. The molecule has 1 heterocycles. The average molecular weight is 315 g/mol. The van der Waals surface area contributed by atoms with Crippen molar-refractivity contribution in [2.45, 2.75) is 44.8 Å². The number of amides is 1. The zero-order valence-corrected chi connectivity index (χ0v) is 14.1. The van der Waals surface area contributed by atoms with Crippen molar-refractivity contribution < 1.29 is 9.53 Å². The Labute approximate surface area is 138 Å². The third-order valence-corrected chi connectivity index (χ3v) is 3.81. The van der Waals surface area contributed by atoms with Crippen molar-refractivity contribution in [2.75, 3.05) is 19.6 Å². The monoisotopic (exact) mass is 315 g/mol. The van der Waals surface area contributed by atoms with Crippen molar-refractivity contribution in [3.63, 3.8) is 0 Å². The first-order valence-electron chi connectivity index (χ1n) is 8.01. The lowest BCUT2D eigenvalue weighted by molar-refractivity contribution is 0.0469. The highest BCUT2D eigenvalue weighted by atomic mass is 16.6. The number of nitrogens with zero attached hydrogens (tertiary/aromatic N) is 2. The highest BCUT2D eigenvalue weighted by molar-refractivity contribution is 5.68. The van der Waals surface area contributed by atoms with E-state index in [4.69, 9.17) is 10.00 Å². The molecule has 0 radical (unpaired) electrons. The minimum Gasteiger partial charge on any atom is -0.444 e. The fourth-order valence-corrected chi connectivity index (χ4v) is 2.96. The first-order valence-corrected chi connectivity index (χ1v) is 8.01. The van der Waals surface area contributed by atoms with E-state index in [0.717, 1.165) is 13.0 Å². The number of carbonyl (C=O) groups is 1. The lowest BCUT2D eigenvalue weighted by atomic mass is 9.88. The van der Waals surface area contributed by atoms with Crippen LogP contribution in [0.4, 0.5) is 4.79 Å². The van der Waals surface area contributed by atoms with E-state index < -0.39 is 11.7 Å². The summed E-state index contributed by atoms with van der Waals surface area (Å²) in [6.45, 7) is 7.43. The maximum atomic E-state index is 12.0. The van der Waals surface area contributed by atoms with Gasteiger partial charge < -0.3 is 10.1 Å². The van der Waals surface area contributed by atoms with Gasteiger partial charge in [0, 0.05) is 19.1 Å². The third kappa shape index (κ3) is 5.57.